The number of hydrogen-bond donors (Lipinski definition) is 2. The summed E-state index contributed by atoms with van der Waals surface area (Å²) in [6.45, 7) is 9.68. The first-order chi connectivity index (χ1) is 6.43. The summed E-state index contributed by atoms with van der Waals surface area (Å²) < 4.78 is 0. The van der Waals surface area contributed by atoms with E-state index in [0.717, 1.165) is 19.4 Å². The first kappa shape index (κ1) is 13.4. The van der Waals surface area contributed by atoms with E-state index in [0.29, 0.717) is 6.54 Å². The fourth-order valence-electron chi connectivity index (χ4n) is 1.01. The third-order valence-electron chi connectivity index (χ3n) is 2.75. The van der Waals surface area contributed by atoms with E-state index in [9.17, 15) is 4.79 Å². The highest BCUT2D eigenvalue weighted by Gasteiger charge is 2.18. The lowest BCUT2D eigenvalue weighted by atomic mass is 9.90. The molecule has 0 radical (unpaired) electrons. The van der Waals surface area contributed by atoms with Gasteiger partial charge in [0.05, 0.1) is 0 Å². The maximum atomic E-state index is 11.5. The molecule has 0 aliphatic heterocycles. The molecule has 0 fully saturated rings. The van der Waals surface area contributed by atoms with Crippen LogP contribution in [-0.2, 0) is 4.79 Å². The Kier molecular flexibility index (Phi) is 5.77. The summed E-state index contributed by atoms with van der Waals surface area (Å²) in [5.74, 6) is 0.157. The number of carbonyl (C=O) groups excluding carboxylic acids is 1. The molecule has 0 aliphatic carbocycles. The third kappa shape index (κ3) is 5.22. The van der Waals surface area contributed by atoms with Gasteiger partial charge in [-0.25, -0.2) is 0 Å². The molecule has 0 saturated heterocycles. The minimum absolute atomic E-state index is 0.0349. The summed E-state index contributed by atoms with van der Waals surface area (Å²) in [6.07, 6.45) is 1.83. The monoisotopic (exact) mass is 200 g/mol. The van der Waals surface area contributed by atoms with Crippen molar-refractivity contribution in [2.75, 3.05) is 13.1 Å². The SMILES string of the molecule is CCC(C)(C)CNC(=O)C(C)CCN. The van der Waals surface area contributed by atoms with Crippen LogP contribution in [0.2, 0.25) is 0 Å². The Morgan fingerprint density at radius 2 is 2.07 bits per heavy atom. The van der Waals surface area contributed by atoms with Crippen LogP contribution in [0.1, 0.15) is 40.5 Å². The zero-order chi connectivity index (χ0) is 11.2. The molecule has 14 heavy (non-hydrogen) atoms. The highest BCUT2D eigenvalue weighted by atomic mass is 16.1. The summed E-state index contributed by atoms with van der Waals surface area (Å²) >= 11 is 0. The molecule has 1 unspecified atom stereocenters. The van der Waals surface area contributed by atoms with Gasteiger partial charge in [-0.15, -0.1) is 0 Å². The van der Waals surface area contributed by atoms with Crippen molar-refractivity contribution < 1.29 is 4.79 Å². The number of rotatable bonds is 6. The van der Waals surface area contributed by atoms with E-state index < -0.39 is 0 Å². The summed E-state index contributed by atoms with van der Waals surface area (Å²) in [7, 11) is 0. The molecule has 1 amide bonds. The zero-order valence-corrected chi connectivity index (χ0v) is 9.89. The number of nitrogens with two attached hydrogens (primary N) is 1. The minimum atomic E-state index is 0.0349. The second-order valence-corrected chi connectivity index (χ2v) is 4.71. The van der Waals surface area contributed by atoms with Crippen molar-refractivity contribution in [3.05, 3.63) is 0 Å². The Morgan fingerprint density at radius 3 is 2.50 bits per heavy atom. The van der Waals surface area contributed by atoms with Crippen molar-refractivity contribution in [3.8, 4) is 0 Å². The van der Waals surface area contributed by atoms with Crippen LogP contribution in [-0.4, -0.2) is 19.0 Å². The second-order valence-electron chi connectivity index (χ2n) is 4.71. The number of carbonyl (C=O) groups is 1. The highest BCUT2D eigenvalue weighted by Crippen LogP contribution is 2.17. The lowest BCUT2D eigenvalue weighted by molar-refractivity contribution is -0.125. The van der Waals surface area contributed by atoms with Gasteiger partial charge in [-0.3, -0.25) is 4.79 Å². The standard InChI is InChI=1S/C11H24N2O/c1-5-11(3,4)8-13-10(14)9(2)6-7-12/h9H,5-8,12H2,1-4H3,(H,13,14). The smallest absolute Gasteiger partial charge is 0.222 e. The van der Waals surface area contributed by atoms with E-state index in [1.807, 2.05) is 6.92 Å². The lowest BCUT2D eigenvalue weighted by Crippen LogP contribution is -2.37. The summed E-state index contributed by atoms with van der Waals surface area (Å²) in [4.78, 5) is 11.5. The molecule has 3 heteroatoms. The molecule has 0 bridgehead atoms. The Hall–Kier alpha value is -0.570. The molecule has 0 rings (SSSR count). The van der Waals surface area contributed by atoms with Crippen LogP contribution in [0.3, 0.4) is 0 Å². The molecule has 0 saturated carbocycles. The molecule has 3 nitrogen and oxygen atoms in total. The molecule has 0 aromatic rings. The van der Waals surface area contributed by atoms with Gasteiger partial charge >= 0.3 is 0 Å². The van der Waals surface area contributed by atoms with Gasteiger partial charge < -0.3 is 11.1 Å². The largest absolute Gasteiger partial charge is 0.355 e. The number of hydrogen-bond acceptors (Lipinski definition) is 2. The van der Waals surface area contributed by atoms with Gasteiger partial charge in [-0.05, 0) is 24.8 Å². The minimum Gasteiger partial charge on any atom is -0.355 e. The molecule has 0 aromatic heterocycles. The molecule has 0 heterocycles. The second kappa shape index (κ2) is 6.02. The van der Waals surface area contributed by atoms with E-state index >= 15 is 0 Å². The summed E-state index contributed by atoms with van der Waals surface area (Å²) in [6, 6.07) is 0. The van der Waals surface area contributed by atoms with E-state index in [2.05, 4.69) is 26.1 Å². The maximum Gasteiger partial charge on any atom is 0.222 e. The molecule has 84 valence electrons. The van der Waals surface area contributed by atoms with Gasteiger partial charge in [0.15, 0.2) is 0 Å². The van der Waals surface area contributed by atoms with Crippen LogP contribution in [0, 0.1) is 11.3 Å². The van der Waals surface area contributed by atoms with Gasteiger partial charge in [0.2, 0.25) is 5.91 Å². The fourth-order valence-corrected chi connectivity index (χ4v) is 1.01. The number of amides is 1. The quantitative estimate of drug-likeness (QED) is 0.683. The summed E-state index contributed by atoms with van der Waals surface area (Å²) in [5, 5.41) is 2.96. The predicted molar refractivity (Wildman–Crippen MR) is 59.9 cm³/mol. The van der Waals surface area contributed by atoms with Crippen LogP contribution in [0.25, 0.3) is 0 Å². The first-order valence-corrected chi connectivity index (χ1v) is 5.40. The summed E-state index contributed by atoms with van der Waals surface area (Å²) in [5.41, 5.74) is 5.59. The van der Waals surface area contributed by atoms with E-state index in [1.165, 1.54) is 0 Å². The van der Waals surface area contributed by atoms with E-state index in [-0.39, 0.29) is 17.2 Å². The van der Waals surface area contributed by atoms with Crippen LogP contribution < -0.4 is 11.1 Å². The highest BCUT2D eigenvalue weighted by molar-refractivity contribution is 5.78. The van der Waals surface area contributed by atoms with Crippen molar-refractivity contribution in [3.63, 3.8) is 0 Å². The van der Waals surface area contributed by atoms with Gasteiger partial charge in [-0.2, -0.15) is 0 Å². The van der Waals surface area contributed by atoms with Crippen molar-refractivity contribution in [2.24, 2.45) is 17.1 Å². The Bertz CT molecular complexity index is 178. The maximum absolute atomic E-state index is 11.5. The van der Waals surface area contributed by atoms with Crippen molar-refractivity contribution in [2.45, 2.75) is 40.5 Å². The molecular formula is C11H24N2O. The Balaban J connectivity index is 3.84. The van der Waals surface area contributed by atoms with E-state index in [4.69, 9.17) is 5.73 Å². The van der Waals surface area contributed by atoms with Crippen LogP contribution in [0.4, 0.5) is 0 Å². The topological polar surface area (TPSA) is 55.1 Å². The molecule has 3 N–H and O–H groups in total. The molecule has 0 spiro atoms. The van der Waals surface area contributed by atoms with Gasteiger partial charge in [0, 0.05) is 12.5 Å². The first-order valence-electron chi connectivity index (χ1n) is 5.40. The molecule has 0 aliphatic rings. The van der Waals surface area contributed by atoms with Crippen molar-refractivity contribution in [1.82, 2.24) is 5.32 Å². The third-order valence-corrected chi connectivity index (χ3v) is 2.75. The Labute approximate surface area is 87.4 Å². The van der Waals surface area contributed by atoms with Crippen molar-refractivity contribution >= 4 is 5.91 Å². The zero-order valence-electron chi connectivity index (χ0n) is 9.89. The average Bonchev–Trinajstić information content (AvgIpc) is 2.15. The number of nitrogens with one attached hydrogen (secondary N) is 1. The predicted octanol–water partition coefficient (Wildman–Crippen LogP) is 1.52. The lowest BCUT2D eigenvalue weighted by Gasteiger charge is -2.23. The fraction of sp³-hybridized carbons (Fsp3) is 0.909. The average molecular weight is 200 g/mol. The van der Waals surface area contributed by atoms with Gasteiger partial charge in [0.1, 0.15) is 0 Å². The van der Waals surface area contributed by atoms with Crippen LogP contribution >= 0.6 is 0 Å². The van der Waals surface area contributed by atoms with Crippen LogP contribution in [0.15, 0.2) is 0 Å². The Morgan fingerprint density at radius 1 is 1.50 bits per heavy atom. The normalized spacial score (nSPS) is 13.8. The van der Waals surface area contributed by atoms with Crippen molar-refractivity contribution in [1.29, 1.82) is 0 Å². The van der Waals surface area contributed by atoms with Gasteiger partial charge in [-0.1, -0.05) is 27.7 Å². The molecular weight excluding hydrogens is 176 g/mol. The van der Waals surface area contributed by atoms with E-state index in [1.54, 1.807) is 0 Å². The molecule has 1 atom stereocenters. The molecule has 0 aromatic carbocycles. The van der Waals surface area contributed by atoms with Gasteiger partial charge in [0.25, 0.3) is 0 Å². The van der Waals surface area contributed by atoms with Crippen LogP contribution in [0.5, 0.6) is 0 Å².